The van der Waals surface area contributed by atoms with Crippen molar-refractivity contribution in [3.63, 3.8) is 0 Å². The lowest BCUT2D eigenvalue weighted by atomic mass is 10.0. The smallest absolute Gasteiger partial charge is 0.245 e. The van der Waals surface area contributed by atoms with Crippen LogP contribution >= 0.6 is 0 Å². The van der Waals surface area contributed by atoms with E-state index in [1.807, 2.05) is 0 Å². The Morgan fingerprint density at radius 2 is 2.11 bits per heavy atom. The third-order valence-electron chi connectivity index (χ3n) is 3.17. The molecule has 0 atom stereocenters. The standard InChI is InChI=1S/C11H19N3O3S/c1-13(2)18(15,16)11-7-12-14(9-11)8-10-3-5-17-6-4-10/h7,9-10H,3-6,8H2,1-2H3. The van der Waals surface area contributed by atoms with E-state index in [-0.39, 0.29) is 4.90 Å². The van der Waals surface area contributed by atoms with E-state index in [2.05, 4.69) is 5.10 Å². The van der Waals surface area contributed by atoms with Gasteiger partial charge in [-0.05, 0) is 18.8 Å². The van der Waals surface area contributed by atoms with Crippen LogP contribution < -0.4 is 0 Å². The van der Waals surface area contributed by atoms with Gasteiger partial charge in [-0.2, -0.15) is 5.10 Å². The first-order chi connectivity index (χ1) is 8.50. The maximum Gasteiger partial charge on any atom is 0.245 e. The summed E-state index contributed by atoms with van der Waals surface area (Å²) < 4.78 is 32.0. The maximum atomic E-state index is 11.9. The van der Waals surface area contributed by atoms with Crippen LogP contribution in [-0.4, -0.2) is 49.8 Å². The zero-order chi connectivity index (χ0) is 13.2. The Balaban J connectivity index is 2.06. The van der Waals surface area contributed by atoms with Gasteiger partial charge in [0.25, 0.3) is 0 Å². The molecule has 2 rings (SSSR count). The van der Waals surface area contributed by atoms with Gasteiger partial charge in [0.2, 0.25) is 10.0 Å². The first-order valence-electron chi connectivity index (χ1n) is 6.03. The van der Waals surface area contributed by atoms with Gasteiger partial charge in [-0.25, -0.2) is 12.7 Å². The number of hydrogen-bond acceptors (Lipinski definition) is 4. The van der Waals surface area contributed by atoms with Crippen LogP contribution in [0.1, 0.15) is 12.8 Å². The molecule has 102 valence electrons. The molecule has 0 aliphatic carbocycles. The van der Waals surface area contributed by atoms with E-state index in [0.29, 0.717) is 5.92 Å². The van der Waals surface area contributed by atoms with E-state index in [1.54, 1.807) is 10.9 Å². The Morgan fingerprint density at radius 3 is 2.72 bits per heavy atom. The lowest BCUT2D eigenvalue weighted by Crippen LogP contribution is -2.22. The second kappa shape index (κ2) is 5.38. The zero-order valence-corrected chi connectivity index (χ0v) is 11.6. The summed E-state index contributed by atoms with van der Waals surface area (Å²) in [5.41, 5.74) is 0. The summed E-state index contributed by atoms with van der Waals surface area (Å²) in [4.78, 5) is 0.250. The Morgan fingerprint density at radius 1 is 1.44 bits per heavy atom. The fourth-order valence-electron chi connectivity index (χ4n) is 1.98. The average molecular weight is 273 g/mol. The SMILES string of the molecule is CN(C)S(=O)(=O)c1cnn(CC2CCOCC2)c1. The molecule has 0 radical (unpaired) electrons. The Bertz CT molecular complexity index is 489. The number of rotatable bonds is 4. The molecule has 0 spiro atoms. The average Bonchev–Trinajstić information content (AvgIpc) is 2.79. The van der Waals surface area contributed by atoms with Crippen molar-refractivity contribution in [3.05, 3.63) is 12.4 Å². The summed E-state index contributed by atoms with van der Waals surface area (Å²) in [6.45, 7) is 2.33. The third kappa shape index (κ3) is 2.90. The second-order valence-corrected chi connectivity index (χ2v) is 6.89. The van der Waals surface area contributed by atoms with Crippen molar-refractivity contribution in [1.29, 1.82) is 0 Å². The van der Waals surface area contributed by atoms with Crippen LogP contribution in [0.4, 0.5) is 0 Å². The molecule has 18 heavy (non-hydrogen) atoms. The molecule has 1 aliphatic rings. The molecule has 1 aromatic heterocycles. The van der Waals surface area contributed by atoms with E-state index in [4.69, 9.17) is 4.74 Å². The normalized spacial score (nSPS) is 18.4. The van der Waals surface area contributed by atoms with Gasteiger partial charge in [0.15, 0.2) is 0 Å². The highest BCUT2D eigenvalue weighted by molar-refractivity contribution is 7.89. The van der Waals surface area contributed by atoms with Crippen LogP contribution in [0, 0.1) is 5.92 Å². The predicted molar refractivity (Wildman–Crippen MR) is 66.6 cm³/mol. The molecular formula is C11H19N3O3S. The Kier molecular flexibility index (Phi) is 4.04. The molecule has 1 fully saturated rings. The highest BCUT2D eigenvalue weighted by atomic mass is 32.2. The quantitative estimate of drug-likeness (QED) is 0.804. The molecule has 0 N–H and O–H groups in total. The van der Waals surface area contributed by atoms with Crippen LogP contribution in [0.25, 0.3) is 0 Å². The van der Waals surface area contributed by atoms with Crippen LogP contribution in [0.15, 0.2) is 17.3 Å². The van der Waals surface area contributed by atoms with Crippen LogP contribution in [0.2, 0.25) is 0 Å². The molecule has 0 saturated carbocycles. The highest BCUT2D eigenvalue weighted by Crippen LogP contribution is 2.18. The number of nitrogens with zero attached hydrogens (tertiary/aromatic N) is 3. The molecule has 0 aromatic carbocycles. The largest absolute Gasteiger partial charge is 0.381 e. The summed E-state index contributed by atoms with van der Waals surface area (Å²) in [7, 11) is -0.334. The Hall–Kier alpha value is -0.920. The second-order valence-electron chi connectivity index (χ2n) is 4.74. The number of ether oxygens (including phenoxy) is 1. The minimum Gasteiger partial charge on any atom is -0.381 e. The monoisotopic (exact) mass is 273 g/mol. The van der Waals surface area contributed by atoms with Crippen molar-refractivity contribution in [2.45, 2.75) is 24.3 Å². The van der Waals surface area contributed by atoms with Gasteiger partial charge in [-0.3, -0.25) is 4.68 Å². The molecule has 0 bridgehead atoms. The van der Waals surface area contributed by atoms with Gasteiger partial charge in [0, 0.05) is 40.1 Å². The molecule has 1 aliphatic heterocycles. The fourth-order valence-corrected chi connectivity index (χ4v) is 2.84. The highest BCUT2D eigenvalue weighted by Gasteiger charge is 2.20. The summed E-state index contributed by atoms with van der Waals surface area (Å²) in [6.07, 6.45) is 5.03. The molecule has 0 unspecified atom stereocenters. The number of aromatic nitrogens is 2. The van der Waals surface area contributed by atoms with Crippen LogP contribution in [0.3, 0.4) is 0 Å². The van der Waals surface area contributed by atoms with Gasteiger partial charge in [-0.1, -0.05) is 0 Å². The predicted octanol–water partition coefficient (Wildman–Crippen LogP) is 0.560. The molecule has 0 amide bonds. The van der Waals surface area contributed by atoms with Gasteiger partial charge in [0.05, 0.1) is 6.20 Å². The number of hydrogen-bond donors (Lipinski definition) is 0. The molecule has 6 nitrogen and oxygen atoms in total. The van der Waals surface area contributed by atoms with Crippen molar-refractivity contribution in [3.8, 4) is 0 Å². The third-order valence-corrected chi connectivity index (χ3v) is 4.94. The molecule has 7 heteroatoms. The first-order valence-corrected chi connectivity index (χ1v) is 7.47. The minimum atomic E-state index is -3.37. The van der Waals surface area contributed by atoms with Gasteiger partial charge >= 0.3 is 0 Å². The molecular weight excluding hydrogens is 254 g/mol. The molecule has 1 saturated heterocycles. The van der Waals surface area contributed by atoms with Crippen molar-refractivity contribution < 1.29 is 13.2 Å². The first kappa shape index (κ1) is 13.5. The van der Waals surface area contributed by atoms with Crippen molar-refractivity contribution in [2.24, 2.45) is 5.92 Å². The van der Waals surface area contributed by atoms with Crippen molar-refractivity contribution >= 4 is 10.0 Å². The maximum absolute atomic E-state index is 11.9. The molecule has 2 heterocycles. The topological polar surface area (TPSA) is 64.4 Å². The van der Waals surface area contributed by atoms with Gasteiger partial charge in [0.1, 0.15) is 4.90 Å². The Labute approximate surface area is 108 Å². The lowest BCUT2D eigenvalue weighted by molar-refractivity contribution is 0.0601. The van der Waals surface area contributed by atoms with E-state index in [1.165, 1.54) is 24.6 Å². The van der Waals surface area contributed by atoms with E-state index >= 15 is 0 Å². The summed E-state index contributed by atoms with van der Waals surface area (Å²) >= 11 is 0. The van der Waals surface area contributed by atoms with Crippen LogP contribution in [-0.2, 0) is 21.3 Å². The summed E-state index contributed by atoms with van der Waals surface area (Å²) in [5.74, 6) is 0.522. The van der Waals surface area contributed by atoms with Crippen molar-refractivity contribution in [2.75, 3.05) is 27.3 Å². The molecule has 1 aromatic rings. The van der Waals surface area contributed by atoms with E-state index in [9.17, 15) is 8.42 Å². The lowest BCUT2D eigenvalue weighted by Gasteiger charge is -2.21. The van der Waals surface area contributed by atoms with Gasteiger partial charge in [-0.15, -0.1) is 0 Å². The number of sulfonamides is 1. The summed E-state index contributed by atoms with van der Waals surface area (Å²) in [6, 6.07) is 0. The van der Waals surface area contributed by atoms with Gasteiger partial charge < -0.3 is 4.74 Å². The van der Waals surface area contributed by atoms with Crippen LogP contribution in [0.5, 0.6) is 0 Å². The fraction of sp³-hybridized carbons (Fsp3) is 0.727. The van der Waals surface area contributed by atoms with Crippen molar-refractivity contribution in [1.82, 2.24) is 14.1 Å². The zero-order valence-electron chi connectivity index (χ0n) is 10.7. The van der Waals surface area contributed by atoms with E-state index < -0.39 is 10.0 Å². The minimum absolute atomic E-state index is 0.250. The summed E-state index contributed by atoms with van der Waals surface area (Å²) in [5, 5.41) is 4.13. The van der Waals surface area contributed by atoms with E-state index in [0.717, 1.165) is 32.6 Å².